The first-order chi connectivity index (χ1) is 7.92. The van der Waals surface area contributed by atoms with Gasteiger partial charge >= 0.3 is 5.97 Å². The van der Waals surface area contributed by atoms with E-state index < -0.39 is 17.3 Å². The molecule has 92 valence electrons. The molecule has 2 N–H and O–H groups in total. The summed E-state index contributed by atoms with van der Waals surface area (Å²) in [6.07, 6.45) is -0.0133. The topological polar surface area (TPSA) is 69.4 Å². The minimum absolute atomic E-state index is 0.0133. The molecule has 0 aliphatic carbocycles. The van der Waals surface area contributed by atoms with Crippen molar-refractivity contribution in [1.29, 1.82) is 0 Å². The van der Waals surface area contributed by atoms with Crippen LogP contribution in [0.1, 0.15) is 25.8 Å². The van der Waals surface area contributed by atoms with Crippen molar-refractivity contribution in [3.63, 3.8) is 0 Å². The molecule has 0 aliphatic rings. The molecule has 17 heavy (non-hydrogen) atoms. The third-order valence-corrected chi connectivity index (χ3v) is 2.38. The second-order valence-corrected chi connectivity index (χ2v) is 4.59. The van der Waals surface area contributed by atoms with E-state index in [2.05, 4.69) is 0 Å². The molecule has 1 amide bonds. The highest BCUT2D eigenvalue weighted by molar-refractivity contribution is 5.84. The van der Waals surface area contributed by atoms with Gasteiger partial charge in [-0.1, -0.05) is 30.3 Å². The van der Waals surface area contributed by atoms with Gasteiger partial charge in [0.15, 0.2) is 0 Å². The summed E-state index contributed by atoms with van der Waals surface area (Å²) in [4.78, 5) is 22.6. The molecule has 1 aromatic carbocycles. The highest BCUT2D eigenvalue weighted by Crippen LogP contribution is 2.22. The molecule has 0 aromatic heterocycles. The molecule has 0 saturated carbocycles. The van der Waals surface area contributed by atoms with Crippen LogP contribution in [0.25, 0.3) is 0 Å². The van der Waals surface area contributed by atoms with E-state index in [0.717, 1.165) is 5.56 Å². The van der Waals surface area contributed by atoms with E-state index in [1.54, 1.807) is 13.8 Å². The number of carbonyl (C=O) groups excluding carboxylic acids is 2. The van der Waals surface area contributed by atoms with Gasteiger partial charge in [-0.05, 0) is 19.4 Å². The minimum atomic E-state index is -0.874. The van der Waals surface area contributed by atoms with Crippen LogP contribution in [0.5, 0.6) is 0 Å². The van der Waals surface area contributed by atoms with Gasteiger partial charge in [-0.3, -0.25) is 9.59 Å². The standard InChI is InChI=1S/C13H17NO3/c1-13(2,8-11(14)15)12(16)17-9-10-6-4-3-5-7-10/h3-7H,8-9H2,1-2H3,(H2,14,15). The zero-order chi connectivity index (χ0) is 12.9. The molecule has 0 atom stereocenters. The number of benzene rings is 1. The average Bonchev–Trinajstić information content (AvgIpc) is 2.25. The first kappa shape index (κ1) is 13.2. The number of primary amides is 1. The fourth-order valence-corrected chi connectivity index (χ4v) is 1.43. The summed E-state index contributed by atoms with van der Waals surface area (Å²) in [5, 5.41) is 0. The van der Waals surface area contributed by atoms with Crippen LogP contribution in [-0.2, 0) is 20.9 Å². The zero-order valence-electron chi connectivity index (χ0n) is 10.1. The highest BCUT2D eigenvalue weighted by atomic mass is 16.5. The summed E-state index contributed by atoms with van der Waals surface area (Å²) in [6, 6.07) is 9.38. The fraction of sp³-hybridized carbons (Fsp3) is 0.385. The summed E-state index contributed by atoms with van der Waals surface area (Å²) in [6.45, 7) is 3.50. The van der Waals surface area contributed by atoms with Crippen molar-refractivity contribution in [3.8, 4) is 0 Å². The third-order valence-electron chi connectivity index (χ3n) is 2.38. The molecule has 0 aliphatic heterocycles. The largest absolute Gasteiger partial charge is 0.460 e. The van der Waals surface area contributed by atoms with E-state index in [9.17, 15) is 9.59 Å². The summed E-state index contributed by atoms with van der Waals surface area (Å²) >= 11 is 0. The van der Waals surface area contributed by atoms with Crippen molar-refractivity contribution < 1.29 is 14.3 Å². The molecule has 0 fully saturated rings. The number of nitrogens with two attached hydrogens (primary N) is 1. The van der Waals surface area contributed by atoms with E-state index in [0.29, 0.717) is 0 Å². The monoisotopic (exact) mass is 235 g/mol. The van der Waals surface area contributed by atoms with Gasteiger partial charge in [0, 0.05) is 6.42 Å². The molecule has 0 spiro atoms. The predicted octanol–water partition coefficient (Wildman–Crippen LogP) is 1.63. The van der Waals surface area contributed by atoms with Gasteiger partial charge < -0.3 is 10.5 Å². The van der Waals surface area contributed by atoms with Crippen molar-refractivity contribution in [2.45, 2.75) is 26.9 Å². The second kappa shape index (κ2) is 5.48. The summed E-state index contributed by atoms with van der Waals surface area (Å²) in [5.41, 5.74) is 5.12. The molecule has 0 unspecified atom stereocenters. The van der Waals surface area contributed by atoms with Gasteiger partial charge in [0.2, 0.25) is 5.91 Å². The van der Waals surface area contributed by atoms with E-state index in [1.165, 1.54) is 0 Å². The Morgan fingerprint density at radius 2 is 1.82 bits per heavy atom. The van der Waals surface area contributed by atoms with Crippen LogP contribution in [0.3, 0.4) is 0 Å². The molecular formula is C13H17NO3. The molecule has 4 heteroatoms. The Balaban J connectivity index is 2.52. The van der Waals surface area contributed by atoms with Crippen LogP contribution in [0.4, 0.5) is 0 Å². The molecular weight excluding hydrogens is 218 g/mol. The lowest BCUT2D eigenvalue weighted by atomic mass is 9.89. The highest BCUT2D eigenvalue weighted by Gasteiger charge is 2.31. The van der Waals surface area contributed by atoms with Crippen molar-refractivity contribution >= 4 is 11.9 Å². The molecule has 4 nitrogen and oxygen atoms in total. The smallest absolute Gasteiger partial charge is 0.312 e. The lowest BCUT2D eigenvalue weighted by Crippen LogP contribution is -2.31. The number of hydrogen-bond acceptors (Lipinski definition) is 3. The summed E-state index contributed by atoms with van der Waals surface area (Å²) < 4.78 is 5.15. The fourth-order valence-electron chi connectivity index (χ4n) is 1.43. The van der Waals surface area contributed by atoms with Crippen LogP contribution in [-0.4, -0.2) is 11.9 Å². The SMILES string of the molecule is CC(C)(CC(N)=O)C(=O)OCc1ccccc1. The first-order valence-electron chi connectivity index (χ1n) is 5.41. The number of hydrogen-bond donors (Lipinski definition) is 1. The summed E-state index contributed by atoms with van der Waals surface area (Å²) in [5.74, 6) is -0.924. The third kappa shape index (κ3) is 4.26. The zero-order valence-corrected chi connectivity index (χ0v) is 10.1. The lowest BCUT2D eigenvalue weighted by Gasteiger charge is -2.20. The van der Waals surface area contributed by atoms with Crippen molar-refractivity contribution in [2.24, 2.45) is 11.1 Å². The van der Waals surface area contributed by atoms with Gasteiger partial charge in [0.1, 0.15) is 6.61 Å². The maximum Gasteiger partial charge on any atom is 0.312 e. The van der Waals surface area contributed by atoms with Crippen molar-refractivity contribution in [1.82, 2.24) is 0 Å². The van der Waals surface area contributed by atoms with Crippen LogP contribution in [0.2, 0.25) is 0 Å². The molecule has 0 bridgehead atoms. The quantitative estimate of drug-likeness (QED) is 0.788. The van der Waals surface area contributed by atoms with Crippen molar-refractivity contribution in [3.05, 3.63) is 35.9 Å². The molecule has 1 aromatic rings. The number of esters is 1. The minimum Gasteiger partial charge on any atom is -0.460 e. The Hall–Kier alpha value is -1.84. The Labute approximate surface area is 101 Å². The van der Waals surface area contributed by atoms with Crippen LogP contribution in [0.15, 0.2) is 30.3 Å². The normalized spacial score (nSPS) is 10.9. The first-order valence-corrected chi connectivity index (χ1v) is 5.41. The van der Waals surface area contributed by atoms with Crippen molar-refractivity contribution in [2.75, 3.05) is 0 Å². The van der Waals surface area contributed by atoms with Crippen LogP contribution >= 0.6 is 0 Å². The molecule has 0 heterocycles. The second-order valence-electron chi connectivity index (χ2n) is 4.59. The average molecular weight is 235 g/mol. The van der Waals surface area contributed by atoms with Gasteiger partial charge in [0.25, 0.3) is 0 Å². The number of rotatable bonds is 5. The van der Waals surface area contributed by atoms with E-state index in [1.807, 2.05) is 30.3 Å². The molecule has 0 radical (unpaired) electrons. The van der Waals surface area contributed by atoms with Gasteiger partial charge in [-0.2, -0.15) is 0 Å². The molecule has 1 rings (SSSR count). The predicted molar refractivity (Wildman–Crippen MR) is 63.8 cm³/mol. The van der Waals surface area contributed by atoms with Crippen LogP contribution in [0, 0.1) is 5.41 Å². The molecule has 0 saturated heterocycles. The lowest BCUT2D eigenvalue weighted by molar-refractivity contribution is -0.157. The maximum absolute atomic E-state index is 11.7. The Bertz CT molecular complexity index is 398. The maximum atomic E-state index is 11.7. The van der Waals surface area contributed by atoms with E-state index in [-0.39, 0.29) is 13.0 Å². The van der Waals surface area contributed by atoms with E-state index >= 15 is 0 Å². The number of amides is 1. The Morgan fingerprint density at radius 1 is 1.24 bits per heavy atom. The number of ether oxygens (including phenoxy) is 1. The van der Waals surface area contributed by atoms with Gasteiger partial charge in [-0.15, -0.1) is 0 Å². The Kier molecular flexibility index (Phi) is 4.26. The summed E-state index contributed by atoms with van der Waals surface area (Å²) in [7, 11) is 0. The number of carbonyl (C=O) groups is 2. The Morgan fingerprint density at radius 3 is 2.35 bits per heavy atom. The van der Waals surface area contributed by atoms with E-state index in [4.69, 9.17) is 10.5 Å². The van der Waals surface area contributed by atoms with Crippen LogP contribution < -0.4 is 5.73 Å². The van der Waals surface area contributed by atoms with Gasteiger partial charge in [0.05, 0.1) is 5.41 Å². The van der Waals surface area contributed by atoms with Gasteiger partial charge in [-0.25, -0.2) is 0 Å².